The predicted octanol–water partition coefficient (Wildman–Crippen LogP) is 5.57. The highest BCUT2D eigenvalue weighted by molar-refractivity contribution is 9.10. The van der Waals surface area contributed by atoms with E-state index in [1.54, 1.807) is 12.1 Å². The topological polar surface area (TPSA) is 44.8 Å². The van der Waals surface area contributed by atoms with Crippen LogP contribution in [0.3, 0.4) is 0 Å². The van der Waals surface area contributed by atoms with E-state index in [1.165, 1.54) is 13.2 Å². The molecular formula is C21H18BrF3O4. The lowest BCUT2D eigenvalue weighted by Gasteiger charge is -2.18. The van der Waals surface area contributed by atoms with Gasteiger partial charge in [-0.25, -0.2) is 0 Å². The second-order valence-corrected chi connectivity index (χ2v) is 8.01. The lowest BCUT2D eigenvalue weighted by molar-refractivity contribution is -0.141. The van der Waals surface area contributed by atoms with E-state index >= 15 is 0 Å². The molecule has 0 aromatic heterocycles. The molecule has 1 heterocycles. The molecule has 0 spiro atoms. The van der Waals surface area contributed by atoms with E-state index in [2.05, 4.69) is 15.9 Å². The number of hydrogen-bond donors (Lipinski definition) is 0. The van der Waals surface area contributed by atoms with Crippen LogP contribution in [0.25, 0.3) is 0 Å². The standard InChI is InChI=1S/C21H18BrF3O4/c1-27-20(26)6-11-10-28-19-9-13(2-3-14(11)19)29-18-5-4-15-16(18)7-12(8-17(15)22)21(23,24)25/h2-3,7-9,11,18H,4-6,10H2,1H3. The number of halogens is 4. The van der Waals surface area contributed by atoms with Crippen LogP contribution >= 0.6 is 15.9 Å². The summed E-state index contributed by atoms with van der Waals surface area (Å²) < 4.78 is 56.4. The van der Waals surface area contributed by atoms with Crippen LogP contribution in [0.4, 0.5) is 13.2 Å². The van der Waals surface area contributed by atoms with Gasteiger partial charge in [0.1, 0.15) is 17.6 Å². The Morgan fingerprint density at radius 1 is 1.24 bits per heavy atom. The van der Waals surface area contributed by atoms with Gasteiger partial charge in [0.2, 0.25) is 0 Å². The van der Waals surface area contributed by atoms with Gasteiger partial charge >= 0.3 is 12.1 Å². The molecular weight excluding hydrogens is 453 g/mol. The zero-order chi connectivity index (χ0) is 20.8. The van der Waals surface area contributed by atoms with Crippen molar-refractivity contribution < 1.29 is 32.2 Å². The second-order valence-electron chi connectivity index (χ2n) is 7.16. The number of ether oxygens (including phenoxy) is 3. The lowest BCUT2D eigenvalue weighted by atomic mass is 9.98. The molecule has 4 rings (SSSR count). The third-order valence-corrected chi connectivity index (χ3v) is 6.05. The van der Waals surface area contributed by atoms with Crippen molar-refractivity contribution in [1.29, 1.82) is 0 Å². The van der Waals surface area contributed by atoms with Gasteiger partial charge in [0.25, 0.3) is 0 Å². The number of alkyl halides is 3. The van der Waals surface area contributed by atoms with Gasteiger partial charge in [-0.3, -0.25) is 4.79 Å². The van der Waals surface area contributed by atoms with Crippen LogP contribution < -0.4 is 9.47 Å². The molecule has 2 unspecified atom stereocenters. The highest BCUT2D eigenvalue weighted by Gasteiger charge is 2.35. The number of esters is 1. The van der Waals surface area contributed by atoms with Crippen LogP contribution in [0.1, 0.15) is 47.1 Å². The van der Waals surface area contributed by atoms with Gasteiger partial charge in [-0.15, -0.1) is 0 Å². The van der Waals surface area contributed by atoms with Gasteiger partial charge in [-0.1, -0.05) is 22.0 Å². The highest BCUT2D eigenvalue weighted by Crippen LogP contribution is 2.44. The van der Waals surface area contributed by atoms with Gasteiger partial charge in [-0.05, 0) is 42.2 Å². The lowest BCUT2D eigenvalue weighted by Crippen LogP contribution is -2.09. The predicted molar refractivity (Wildman–Crippen MR) is 102 cm³/mol. The Bertz CT molecular complexity index is 958. The number of rotatable bonds is 4. The first kappa shape index (κ1) is 20.1. The minimum atomic E-state index is -4.42. The summed E-state index contributed by atoms with van der Waals surface area (Å²) in [6.45, 7) is 0.377. The molecule has 29 heavy (non-hydrogen) atoms. The number of fused-ring (bicyclic) bond motifs is 2. The highest BCUT2D eigenvalue weighted by atomic mass is 79.9. The molecule has 0 radical (unpaired) electrons. The Hall–Kier alpha value is -2.22. The fraction of sp³-hybridized carbons (Fsp3) is 0.381. The molecule has 2 aromatic carbocycles. The largest absolute Gasteiger partial charge is 0.492 e. The monoisotopic (exact) mass is 470 g/mol. The van der Waals surface area contributed by atoms with E-state index in [4.69, 9.17) is 14.2 Å². The van der Waals surface area contributed by atoms with Gasteiger partial charge in [0.15, 0.2) is 0 Å². The van der Waals surface area contributed by atoms with Crippen molar-refractivity contribution in [3.8, 4) is 11.5 Å². The molecule has 0 bridgehead atoms. The Morgan fingerprint density at radius 2 is 2.03 bits per heavy atom. The van der Waals surface area contributed by atoms with Crippen LogP contribution in [0, 0.1) is 0 Å². The summed E-state index contributed by atoms with van der Waals surface area (Å²) in [7, 11) is 1.35. The van der Waals surface area contributed by atoms with E-state index in [0.29, 0.717) is 41.0 Å². The van der Waals surface area contributed by atoms with Crippen molar-refractivity contribution in [1.82, 2.24) is 0 Å². The van der Waals surface area contributed by atoms with Gasteiger partial charge in [0, 0.05) is 22.0 Å². The molecule has 2 aliphatic rings. The first-order chi connectivity index (χ1) is 13.8. The molecule has 0 N–H and O–H groups in total. The number of benzene rings is 2. The van der Waals surface area contributed by atoms with Crippen molar-refractivity contribution in [2.75, 3.05) is 13.7 Å². The van der Waals surface area contributed by atoms with Crippen molar-refractivity contribution in [2.45, 2.75) is 37.5 Å². The summed E-state index contributed by atoms with van der Waals surface area (Å²) in [4.78, 5) is 11.5. The minimum absolute atomic E-state index is 0.0796. The summed E-state index contributed by atoms with van der Waals surface area (Å²) in [5.41, 5.74) is 1.61. The molecule has 0 amide bonds. The summed E-state index contributed by atoms with van der Waals surface area (Å²) in [5, 5.41) is 0. The Morgan fingerprint density at radius 3 is 2.76 bits per heavy atom. The van der Waals surface area contributed by atoms with Crippen LogP contribution in [0.5, 0.6) is 11.5 Å². The zero-order valence-electron chi connectivity index (χ0n) is 15.5. The summed E-state index contributed by atoms with van der Waals surface area (Å²) >= 11 is 3.26. The number of methoxy groups -OCH3 is 1. The maximum absolute atomic E-state index is 13.2. The maximum atomic E-state index is 13.2. The maximum Gasteiger partial charge on any atom is 0.416 e. The molecule has 0 fully saturated rings. The van der Waals surface area contributed by atoms with Crippen molar-refractivity contribution >= 4 is 21.9 Å². The molecule has 2 aromatic rings. The smallest absolute Gasteiger partial charge is 0.416 e. The molecule has 8 heteroatoms. The normalized spacial score (nSPS) is 20.0. The Kier molecular flexibility index (Phi) is 5.23. The first-order valence-corrected chi connectivity index (χ1v) is 9.95. The van der Waals surface area contributed by atoms with Crippen molar-refractivity contribution in [2.24, 2.45) is 0 Å². The summed E-state index contributed by atoms with van der Waals surface area (Å²) in [6, 6.07) is 7.62. The van der Waals surface area contributed by atoms with E-state index in [9.17, 15) is 18.0 Å². The van der Waals surface area contributed by atoms with Crippen LogP contribution in [0.15, 0.2) is 34.8 Å². The summed E-state index contributed by atoms with van der Waals surface area (Å²) in [5.74, 6) is 0.762. The average Bonchev–Trinajstić information content (AvgIpc) is 3.25. The van der Waals surface area contributed by atoms with Crippen LogP contribution in [-0.2, 0) is 22.1 Å². The van der Waals surface area contributed by atoms with E-state index in [-0.39, 0.29) is 18.3 Å². The van der Waals surface area contributed by atoms with Gasteiger partial charge < -0.3 is 14.2 Å². The second kappa shape index (κ2) is 7.55. The Balaban J connectivity index is 1.55. The van der Waals surface area contributed by atoms with Gasteiger partial charge in [0.05, 0.1) is 25.7 Å². The van der Waals surface area contributed by atoms with Crippen LogP contribution in [-0.4, -0.2) is 19.7 Å². The molecule has 4 nitrogen and oxygen atoms in total. The minimum Gasteiger partial charge on any atom is -0.492 e. The quantitative estimate of drug-likeness (QED) is 0.547. The fourth-order valence-corrected chi connectivity index (χ4v) is 4.55. The number of hydrogen-bond acceptors (Lipinski definition) is 4. The molecule has 1 aliphatic heterocycles. The van der Waals surface area contributed by atoms with E-state index in [1.807, 2.05) is 6.07 Å². The number of carbonyl (C=O) groups is 1. The first-order valence-electron chi connectivity index (χ1n) is 9.16. The third kappa shape index (κ3) is 3.95. The van der Waals surface area contributed by atoms with Crippen molar-refractivity contribution in [3.05, 3.63) is 57.1 Å². The third-order valence-electron chi connectivity index (χ3n) is 5.34. The average molecular weight is 471 g/mol. The SMILES string of the molecule is COC(=O)CC1COc2cc(OC3CCc4c(Br)cc(C(F)(F)F)cc43)ccc21. The molecule has 0 saturated carbocycles. The van der Waals surface area contributed by atoms with Crippen molar-refractivity contribution in [3.63, 3.8) is 0 Å². The fourth-order valence-electron chi connectivity index (χ4n) is 3.87. The zero-order valence-corrected chi connectivity index (χ0v) is 17.1. The van der Waals surface area contributed by atoms with E-state index < -0.39 is 17.8 Å². The molecule has 0 saturated heterocycles. The van der Waals surface area contributed by atoms with Crippen LogP contribution in [0.2, 0.25) is 0 Å². The molecule has 2 atom stereocenters. The van der Waals surface area contributed by atoms with E-state index in [0.717, 1.165) is 17.2 Å². The van der Waals surface area contributed by atoms with Gasteiger partial charge in [-0.2, -0.15) is 13.2 Å². The molecule has 1 aliphatic carbocycles. The Labute approximate surface area is 174 Å². The number of carbonyl (C=O) groups excluding carboxylic acids is 1. The molecule has 154 valence electrons. The summed E-state index contributed by atoms with van der Waals surface area (Å²) in [6.07, 6.45) is -3.41.